The molecule has 1 aromatic heterocycles. The first-order valence-electron chi connectivity index (χ1n) is 11.2. The third kappa shape index (κ3) is 4.59. The number of rotatable bonds is 6. The van der Waals surface area contributed by atoms with Gasteiger partial charge in [-0.15, -0.1) is 0 Å². The van der Waals surface area contributed by atoms with Crippen molar-refractivity contribution in [1.29, 1.82) is 0 Å². The first-order chi connectivity index (χ1) is 16.5. The lowest BCUT2D eigenvalue weighted by Crippen LogP contribution is -2.48. The maximum Gasteiger partial charge on any atom is 0.246 e. The minimum absolute atomic E-state index is 0.237. The molecule has 1 aliphatic rings. The Bertz CT molecular complexity index is 1370. The summed E-state index contributed by atoms with van der Waals surface area (Å²) < 4.78 is 30.8. The highest BCUT2D eigenvalue weighted by molar-refractivity contribution is 7.89. The Morgan fingerprint density at radius 2 is 1.41 bits per heavy atom. The van der Waals surface area contributed by atoms with E-state index >= 15 is 0 Å². The van der Waals surface area contributed by atoms with Crippen molar-refractivity contribution in [2.75, 3.05) is 31.1 Å². The fourth-order valence-corrected chi connectivity index (χ4v) is 6.09. The van der Waals surface area contributed by atoms with E-state index in [1.165, 1.54) is 0 Å². The monoisotopic (exact) mass is 492 g/mol. The fourth-order valence-electron chi connectivity index (χ4n) is 4.26. The second-order valence-corrected chi connectivity index (χ2v) is 10.5. The van der Waals surface area contributed by atoms with Crippen LogP contribution in [0.5, 0.6) is 0 Å². The molecule has 34 heavy (non-hydrogen) atoms. The number of piperazine rings is 1. The maximum absolute atomic E-state index is 13.8. The van der Waals surface area contributed by atoms with Crippen LogP contribution in [0.15, 0.2) is 96.0 Å². The van der Waals surface area contributed by atoms with Gasteiger partial charge >= 0.3 is 0 Å². The number of hydrogen-bond donors (Lipinski definition) is 0. The lowest BCUT2D eigenvalue weighted by Gasteiger charge is -2.35. The van der Waals surface area contributed by atoms with E-state index in [-0.39, 0.29) is 4.90 Å². The van der Waals surface area contributed by atoms with E-state index in [9.17, 15) is 8.42 Å². The summed E-state index contributed by atoms with van der Waals surface area (Å²) in [6, 6.07) is 27.0. The standard InChI is InChI=1S/C26H25ClN4O2S/c27-23-13-7-8-14-24(23)29-15-17-31(18-16-29)34(32,33)25-20-30(19-21-9-3-1-4-10-21)28-26(25)22-11-5-2-6-12-22/h1-14,20H,15-19H2. The summed E-state index contributed by atoms with van der Waals surface area (Å²) in [6.45, 7) is 2.40. The van der Waals surface area contributed by atoms with Crippen LogP contribution in [-0.2, 0) is 16.6 Å². The van der Waals surface area contributed by atoms with Crippen LogP contribution in [0.25, 0.3) is 11.3 Å². The summed E-state index contributed by atoms with van der Waals surface area (Å²) in [5.41, 5.74) is 3.25. The first kappa shape index (κ1) is 22.7. The minimum Gasteiger partial charge on any atom is -0.368 e. The molecule has 3 aromatic carbocycles. The molecular weight excluding hydrogens is 468 g/mol. The predicted molar refractivity (Wildman–Crippen MR) is 136 cm³/mol. The maximum atomic E-state index is 13.8. The molecule has 0 atom stereocenters. The van der Waals surface area contributed by atoms with E-state index in [0.717, 1.165) is 16.8 Å². The van der Waals surface area contributed by atoms with Crippen molar-refractivity contribution < 1.29 is 8.42 Å². The number of para-hydroxylation sites is 1. The van der Waals surface area contributed by atoms with Gasteiger partial charge in [0.15, 0.2) is 0 Å². The van der Waals surface area contributed by atoms with Gasteiger partial charge in [0.25, 0.3) is 0 Å². The summed E-state index contributed by atoms with van der Waals surface area (Å²) >= 11 is 6.35. The molecule has 0 radical (unpaired) electrons. The van der Waals surface area contributed by atoms with Crippen molar-refractivity contribution in [1.82, 2.24) is 14.1 Å². The minimum atomic E-state index is -3.74. The number of hydrogen-bond acceptors (Lipinski definition) is 4. The van der Waals surface area contributed by atoms with Gasteiger partial charge in [-0.2, -0.15) is 9.40 Å². The molecule has 5 rings (SSSR count). The molecule has 0 amide bonds. The summed E-state index contributed by atoms with van der Waals surface area (Å²) in [5.74, 6) is 0. The molecule has 0 bridgehead atoms. The van der Waals surface area contributed by atoms with E-state index in [1.54, 1.807) is 15.2 Å². The van der Waals surface area contributed by atoms with E-state index in [0.29, 0.717) is 43.4 Å². The molecule has 0 saturated carbocycles. The molecule has 0 aliphatic carbocycles. The predicted octanol–water partition coefficient (Wildman–Crippen LogP) is 4.76. The van der Waals surface area contributed by atoms with Crippen LogP contribution >= 0.6 is 11.6 Å². The number of anilines is 1. The largest absolute Gasteiger partial charge is 0.368 e. The Hall–Kier alpha value is -3.13. The van der Waals surface area contributed by atoms with Crippen LogP contribution in [0.1, 0.15) is 5.56 Å². The molecule has 8 heteroatoms. The SMILES string of the molecule is O=S(=O)(c1cn(Cc2ccccc2)nc1-c1ccccc1)N1CCN(c2ccccc2Cl)CC1. The van der Waals surface area contributed by atoms with Gasteiger partial charge in [0, 0.05) is 37.9 Å². The second-order valence-electron chi connectivity index (χ2n) is 8.23. The van der Waals surface area contributed by atoms with E-state index in [1.807, 2.05) is 84.9 Å². The van der Waals surface area contributed by atoms with Crippen molar-refractivity contribution >= 4 is 27.3 Å². The van der Waals surface area contributed by atoms with Gasteiger partial charge in [-0.05, 0) is 17.7 Å². The second kappa shape index (κ2) is 9.62. The smallest absolute Gasteiger partial charge is 0.246 e. The molecule has 1 fully saturated rings. The average Bonchev–Trinajstić information content (AvgIpc) is 3.30. The Labute approximate surface area is 205 Å². The lowest BCUT2D eigenvalue weighted by atomic mass is 10.2. The number of nitrogens with zero attached hydrogens (tertiary/aromatic N) is 4. The molecule has 0 spiro atoms. The van der Waals surface area contributed by atoms with Crippen LogP contribution < -0.4 is 4.90 Å². The lowest BCUT2D eigenvalue weighted by molar-refractivity contribution is 0.385. The number of aromatic nitrogens is 2. The van der Waals surface area contributed by atoms with Crippen molar-refractivity contribution in [2.45, 2.75) is 11.4 Å². The molecule has 0 unspecified atom stereocenters. The molecule has 1 aliphatic heterocycles. The zero-order valence-corrected chi connectivity index (χ0v) is 20.2. The van der Waals surface area contributed by atoms with Gasteiger partial charge in [-0.1, -0.05) is 84.4 Å². The van der Waals surface area contributed by atoms with Crippen molar-refractivity contribution in [3.8, 4) is 11.3 Å². The molecule has 174 valence electrons. The van der Waals surface area contributed by atoms with E-state index in [4.69, 9.17) is 16.7 Å². The highest BCUT2D eigenvalue weighted by Crippen LogP contribution is 2.31. The molecule has 6 nitrogen and oxygen atoms in total. The van der Waals surface area contributed by atoms with Gasteiger partial charge in [0.05, 0.1) is 17.3 Å². The first-order valence-corrected chi connectivity index (χ1v) is 13.0. The third-order valence-corrected chi connectivity index (χ3v) is 8.23. The molecular formula is C26H25ClN4O2S. The normalized spacial score (nSPS) is 14.9. The number of benzene rings is 3. The topological polar surface area (TPSA) is 58.4 Å². The summed E-state index contributed by atoms with van der Waals surface area (Å²) in [4.78, 5) is 2.37. The van der Waals surface area contributed by atoms with Gasteiger partial charge < -0.3 is 4.90 Å². The van der Waals surface area contributed by atoms with Crippen LogP contribution in [0, 0.1) is 0 Å². The molecule has 0 N–H and O–H groups in total. The van der Waals surface area contributed by atoms with Gasteiger partial charge in [0.2, 0.25) is 10.0 Å². The van der Waals surface area contributed by atoms with E-state index in [2.05, 4.69) is 4.90 Å². The Morgan fingerprint density at radius 3 is 2.09 bits per heavy atom. The van der Waals surface area contributed by atoms with Crippen LogP contribution in [0.3, 0.4) is 0 Å². The zero-order chi connectivity index (χ0) is 23.5. The fraction of sp³-hybridized carbons (Fsp3) is 0.192. The van der Waals surface area contributed by atoms with Crippen LogP contribution in [0.2, 0.25) is 5.02 Å². The highest BCUT2D eigenvalue weighted by atomic mass is 35.5. The van der Waals surface area contributed by atoms with Gasteiger partial charge in [-0.3, -0.25) is 4.68 Å². The van der Waals surface area contributed by atoms with E-state index < -0.39 is 10.0 Å². The third-order valence-electron chi connectivity index (χ3n) is 6.01. The highest BCUT2D eigenvalue weighted by Gasteiger charge is 2.33. The molecule has 2 heterocycles. The Balaban J connectivity index is 1.44. The number of halogens is 1. The van der Waals surface area contributed by atoms with Crippen LogP contribution in [-0.4, -0.2) is 48.7 Å². The quantitative estimate of drug-likeness (QED) is 0.389. The zero-order valence-electron chi connectivity index (χ0n) is 18.6. The summed E-state index contributed by atoms with van der Waals surface area (Å²) in [6.07, 6.45) is 1.66. The molecule has 4 aromatic rings. The Kier molecular flexibility index (Phi) is 6.41. The molecule has 1 saturated heterocycles. The summed E-state index contributed by atoms with van der Waals surface area (Å²) in [5, 5.41) is 5.37. The summed E-state index contributed by atoms with van der Waals surface area (Å²) in [7, 11) is -3.74. The van der Waals surface area contributed by atoms with Crippen molar-refractivity contribution in [3.05, 3.63) is 102 Å². The van der Waals surface area contributed by atoms with Gasteiger partial charge in [-0.25, -0.2) is 8.42 Å². The van der Waals surface area contributed by atoms with Gasteiger partial charge in [0.1, 0.15) is 10.6 Å². The Morgan fingerprint density at radius 1 is 0.794 bits per heavy atom. The average molecular weight is 493 g/mol. The number of sulfonamides is 1. The van der Waals surface area contributed by atoms with Crippen molar-refractivity contribution in [3.63, 3.8) is 0 Å². The van der Waals surface area contributed by atoms with Crippen LogP contribution in [0.4, 0.5) is 5.69 Å². The van der Waals surface area contributed by atoms with Crippen molar-refractivity contribution in [2.24, 2.45) is 0 Å².